The molecule has 0 bridgehead atoms. The molecule has 0 spiro atoms. The molecule has 0 aliphatic carbocycles. The molecular weight excluding hydrogens is 190 g/mol. The van der Waals surface area contributed by atoms with Gasteiger partial charge < -0.3 is 10.4 Å². The first kappa shape index (κ1) is 14.2. The number of hydrogen-bond donors (Lipinski definition) is 2. The molecule has 0 aromatic heterocycles. The second-order valence-electron chi connectivity index (χ2n) is 4.47. The molecule has 0 rings (SSSR count). The minimum Gasteiger partial charge on any atom is -0.481 e. The van der Waals surface area contributed by atoms with Crippen molar-refractivity contribution >= 4 is 5.97 Å². The Kier molecular flexibility index (Phi) is 7.05. The summed E-state index contributed by atoms with van der Waals surface area (Å²) in [5.41, 5.74) is 1.01. The molecule has 15 heavy (non-hydrogen) atoms. The van der Waals surface area contributed by atoms with Crippen molar-refractivity contribution in [1.29, 1.82) is 0 Å². The van der Waals surface area contributed by atoms with Crippen LogP contribution in [0.2, 0.25) is 0 Å². The van der Waals surface area contributed by atoms with Crippen LogP contribution in [0.1, 0.15) is 40.0 Å². The number of carboxylic acids is 1. The van der Waals surface area contributed by atoms with Crippen molar-refractivity contribution in [1.82, 2.24) is 5.32 Å². The van der Waals surface area contributed by atoms with Crippen LogP contribution in [0.15, 0.2) is 12.2 Å². The molecule has 0 saturated carbocycles. The molecule has 0 aliphatic heterocycles. The lowest BCUT2D eigenvalue weighted by Crippen LogP contribution is -2.31. The smallest absolute Gasteiger partial charge is 0.303 e. The Morgan fingerprint density at radius 3 is 2.40 bits per heavy atom. The second kappa shape index (κ2) is 7.46. The second-order valence-corrected chi connectivity index (χ2v) is 4.47. The number of carboxylic acid groups (broad SMARTS) is 1. The number of aliphatic carboxylic acids is 1. The fraction of sp³-hybridized carbons (Fsp3) is 0.750. The predicted octanol–water partition coefficient (Wildman–Crippen LogP) is 2.43. The van der Waals surface area contributed by atoms with Gasteiger partial charge in [-0.05, 0) is 32.2 Å². The van der Waals surface area contributed by atoms with Crippen molar-refractivity contribution in [3.8, 4) is 0 Å². The highest BCUT2D eigenvalue weighted by molar-refractivity contribution is 5.66. The summed E-state index contributed by atoms with van der Waals surface area (Å²) in [4.78, 5) is 10.5. The summed E-state index contributed by atoms with van der Waals surface area (Å²) in [6.07, 6.45) is 1.94. The van der Waals surface area contributed by atoms with Gasteiger partial charge in [0.05, 0.1) is 0 Å². The normalized spacial score (nSPS) is 12.8. The van der Waals surface area contributed by atoms with Gasteiger partial charge in [0.2, 0.25) is 0 Å². The lowest BCUT2D eigenvalue weighted by molar-refractivity contribution is -0.137. The van der Waals surface area contributed by atoms with Crippen LogP contribution in [-0.4, -0.2) is 23.7 Å². The molecule has 3 nitrogen and oxygen atoms in total. The molecular formula is C12H23NO2. The van der Waals surface area contributed by atoms with Gasteiger partial charge in [0, 0.05) is 12.5 Å². The molecule has 1 atom stereocenters. The lowest BCUT2D eigenvalue weighted by atomic mass is 10.0. The molecule has 2 N–H and O–H groups in total. The maximum Gasteiger partial charge on any atom is 0.303 e. The Balaban J connectivity index is 3.84. The van der Waals surface area contributed by atoms with Crippen LogP contribution < -0.4 is 5.32 Å². The minimum absolute atomic E-state index is 0.139. The first-order valence-electron chi connectivity index (χ1n) is 5.54. The maximum absolute atomic E-state index is 10.5. The zero-order valence-electron chi connectivity index (χ0n) is 10.0. The summed E-state index contributed by atoms with van der Waals surface area (Å²) >= 11 is 0. The van der Waals surface area contributed by atoms with Crippen LogP contribution in [0.3, 0.4) is 0 Å². The van der Waals surface area contributed by atoms with Crippen molar-refractivity contribution in [2.24, 2.45) is 5.92 Å². The predicted molar refractivity (Wildman–Crippen MR) is 62.9 cm³/mol. The molecule has 0 saturated heterocycles. The summed E-state index contributed by atoms with van der Waals surface area (Å²) in [6, 6.07) is 0.139. The van der Waals surface area contributed by atoms with Gasteiger partial charge in [-0.25, -0.2) is 0 Å². The molecule has 0 aromatic rings. The standard InChI is InChI=1S/C12H23NO2/c1-9(2)7-8-13-11(10(3)4)5-6-12(14)15/h9,11,13H,3,5-8H2,1-2,4H3,(H,14,15). The SMILES string of the molecule is C=C(C)C(CCC(=O)O)NCCC(C)C. The van der Waals surface area contributed by atoms with Gasteiger partial charge in [0.1, 0.15) is 0 Å². The van der Waals surface area contributed by atoms with Crippen molar-refractivity contribution in [2.75, 3.05) is 6.54 Å². The first-order valence-corrected chi connectivity index (χ1v) is 5.54. The van der Waals surface area contributed by atoms with Crippen molar-refractivity contribution in [2.45, 2.75) is 46.1 Å². The van der Waals surface area contributed by atoms with Gasteiger partial charge in [0.25, 0.3) is 0 Å². The van der Waals surface area contributed by atoms with Gasteiger partial charge in [-0.15, -0.1) is 0 Å². The van der Waals surface area contributed by atoms with Crippen LogP contribution in [-0.2, 0) is 4.79 Å². The summed E-state index contributed by atoms with van der Waals surface area (Å²) in [5, 5.41) is 11.9. The summed E-state index contributed by atoms with van der Waals surface area (Å²) in [6.45, 7) is 11.1. The van der Waals surface area contributed by atoms with Gasteiger partial charge in [-0.1, -0.05) is 26.0 Å². The Bertz CT molecular complexity index is 212. The Morgan fingerprint density at radius 2 is 2.00 bits per heavy atom. The van der Waals surface area contributed by atoms with E-state index in [2.05, 4.69) is 25.7 Å². The number of hydrogen-bond acceptors (Lipinski definition) is 2. The van der Waals surface area contributed by atoms with E-state index in [1.165, 1.54) is 0 Å². The lowest BCUT2D eigenvalue weighted by Gasteiger charge is -2.18. The minimum atomic E-state index is -0.744. The highest BCUT2D eigenvalue weighted by atomic mass is 16.4. The van der Waals surface area contributed by atoms with Crippen molar-refractivity contribution < 1.29 is 9.90 Å². The summed E-state index contributed by atoms with van der Waals surface area (Å²) in [5.74, 6) is -0.0744. The Morgan fingerprint density at radius 1 is 1.40 bits per heavy atom. The zero-order valence-corrected chi connectivity index (χ0v) is 10.0. The van der Waals surface area contributed by atoms with Crippen LogP contribution in [0.5, 0.6) is 0 Å². The molecule has 0 fully saturated rings. The Labute approximate surface area is 92.6 Å². The topological polar surface area (TPSA) is 49.3 Å². The third-order valence-corrected chi connectivity index (χ3v) is 2.35. The molecule has 3 heteroatoms. The number of carbonyl (C=O) groups is 1. The van der Waals surface area contributed by atoms with E-state index in [1.54, 1.807) is 0 Å². The maximum atomic E-state index is 10.5. The van der Waals surface area contributed by atoms with Crippen LogP contribution in [0.4, 0.5) is 0 Å². The quantitative estimate of drug-likeness (QED) is 0.609. The average molecular weight is 213 g/mol. The van der Waals surface area contributed by atoms with Gasteiger partial charge in [-0.3, -0.25) is 4.79 Å². The molecule has 88 valence electrons. The fourth-order valence-corrected chi connectivity index (χ4v) is 1.34. The molecule has 0 aliphatic rings. The number of rotatable bonds is 8. The van der Waals surface area contributed by atoms with Crippen molar-refractivity contribution in [3.63, 3.8) is 0 Å². The van der Waals surface area contributed by atoms with E-state index in [0.29, 0.717) is 12.3 Å². The average Bonchev–Trinajstić information content (AvgIpc) is 2.09. The van der Waals surface area contributed by atoms with Crippen LogP contribution in [0.25, 0.3) is 0 Å². The highest BCUT2D eigenvalue weighted by Crippen LogP contribution is 2.07. The number of nitrogens with one attached hydrogen (secondary N) is 1. The van der Waals surface area contributed by atoms with E-state index < -0.39 is 5.97 Å². The van der Waals surface area contributed by atoms with Crippen LogP contribution in [0, 0.1) is 5.92 Å². The molecule has 0 amide bonds. The van der Waals surface area contributed by atoms with Crippen molar-refractivity contribution in [3.05, 3.63) is 12.2 Å². The highest BCUT2D eigenvalue weighted by Gasteiger charge is 2.10. The van der Waals surface area contributed by atoms with Gasteiger partial charge in [-0.2, -0.15) is 0 Å². The van der Waals surface area contributed by atoms with E-state index in [9.17, 15) is 4.79 Å². The summed E-state index contributed by atoms with van der Waals surface area (Å²) in [7, 11) is 0. The van der Waals surface area contributed by atoms with E-state index in [4.69, 9.17) is 5.11 Å². The third kappa shape index (κ3) is 8.18. The molecule has 1 unspecified atom stereocenters. The molecule has 0 radical (unpaired) electrons. The van der Waals surface area contributed by atoms with Gasteiger partial charge in [0.15, 0.2) is 0 Å². The molecule has 0 heterocycles. The Hall–Kier alpha value is -0.830. The third-order valence-electron chi connectivity index (χ3n) is 2.35. The zero-order chi connectivity index (χ0) is 11.8. The van der Waals surface area contributed by atoms with E-state index in [0.717, 1.165) is 18.5 Å². The van der Waals surface area contributed by atoms with E-state index in [1.807, 2.05) is 6.92 Å². The first-order chi connectivity index (χ1) is 6.93. The van der Waals surface area contributed by atoms with Crippen LogP contribution >= 0.6 is 0 Å². The fourth-order valence-electron chi connectivity index (χ4n) is 1.34. The van der Waals surface area contributed by atoms with E-state index in [-0.39, 0.29) is 12.5 Å². The van der Waals surface area contributed by atoms with Gasteiger partial charge >= 0.3 is 5.97 Å². The monoisotopic (exact) mass is 213 g/mol. The largest absolute Gasteiger partial charge is 0.481 e. The summed E-state index contributed by atoms with van der Waals surface area (Å²) < 4.78 is 0. The molecule has 0 aromatic carbocycles. The van der Waals surface area contributed by atoms with E-state index >= 15 is 0 Å².